The number of rotatable bonds is 7. The molecule has 1 fully saturated rings. The first-order valence-electron chi connectivity index (χ1n) is 7.59. The Morgan fingerprint density at radius 1 is 1.57 bits per heavy atom. The summed E-state index contributed by atoms with van der Waals surface area (Å²) in [5, 5.41) is 6.20. The van der Waals surface area contributed by atoms with Crippen LogP contribution in [-0.4, -0.2) is 31.1 Å². The maximum Gasteiger partial charge on any atom is 0.221 e. The molecular formula is C16H23FN2O2. The summed E-state index contributed by atoms with van der Waals surface area (Å²) < 4.78 is 18.8. The van der Waals surface area contributed by atoms with Gasteiger partial charge in [0.15, 0.2) is 0 Å². The largest absolute Gasteiger partial charge is 0.489 e. The lowest BCUT2D eigenvalue weighted by atomic mass is 10.1. The Bertz CT molecular complexity index is 461. The van der Waals surface area contributed by atoms with Crippen LogP contribution in [0, 0.1) is 5.82 Å². The molecule has 0 saturated carbocycles. The molecule has 0 aromatic heterocycles. The molecule has 2 rings (SSSR count). The average molecular weight is 294 g/mol. The van der Waals surface area contributed by atoms with E-state index in [0.717, 1.165) is 25.8 Å². The first-order valence-corrected chi connectivity index (χ1v) is 7.59. The van der Waals surface area contributed by atoms with Gasteiger partial charge in [0.25, 0.3) is 0 Å². The van der Waals surface area contributed by atoms with Crippen LogP contribution in [0.1, 0.15) is 32.6 Å². The molecule has 4 nitrogen and oxygen atoms in total. The van der Waals surface area contributed by atoms with Crippen LogP contribution in [0.3, 0.4) is 0 Å². The maximum atomic E-state index is 13.1. The van der Waals surface area contributed by atoms with Crippen molar-refractivity contribution in [3.8, 4) is 5.75 Å². The minimum absolute atomic E-state index is 0.0377. The lowest BCUT2D eigenvalue weighted by Crippen LogP contribution is -2.37. The number of carbonyl (C=O) groups excluding carboxylic acids is 1. The van der Waals surface area contributed by atoms with Crippen molar-refractivity contribution in [2.45, 2.75) is 44.8 Å². The Hall–Kier alpha value is -1.62. The highest BCUT2D eigenvalue weighted by atomic mass is 19.1. The molecule has 2 N–H and O–H groups in total. The summed E-state index contributed by atoms with van der Waals surface area (Å²) in [4.78, 5) is 11.9. The summed E-state index contributed by atoms with van der Waals surface area (Å²) in [6, 6.07) is 6.36. The molecule has 1 amide bonds. The summed E-state index contributed by atoms with van der Waals surface area (Å²) >= 11 is 0. The van der Waals surface area contributed by atoms with Crippen LogP contribution < -0.4 is 15.4 Å². The molecule has 1 aliphatic heterocycles. The fraction of sp³-hybridized carbons (Fsp3) is 0.562. The monoisotopic (exact) mass is 294 g/mol. The van der Waals surface area contributed by atoms with Gasteiger partial charge in [0, 0.05) is 18.5 Å². The smallest absolute Gasteiger partial charge is 0.221 e. The van der Waals surface area contributed by atoms with E-state index in [1.807, 2.05) is 6.92 Å². The Morgan fingerprint density at radius 2 is 2.43 bits per heavy atom. The normalized spacial score (nSPS) is 19.2. The van der Waals surface area contributed by atoms with Crippen molar-refractivity contribution in [1.82, 2.24) is 10.6 Å². The second-order valence-corrected chi connectivity index (χ2v) is 5.41. The van der Waals surface area contributed by atoms with Crippen LogP contribution in [0.4, 0.5) is 4.39 Å². The first-order chi connectivity index (χ1) is 10.2. The van der Waals surface area contributed by atoms with E-state index in [4.69, 9.17) is 4.74 Å². The molecule has 5 heteroatoms. The maximum absolute atomic E-state index is 13.1. The molecule has 1 aliphatic rings. The number of hydrogen-bond acceptors (Lipinski definition) is 3. The van der Waals surface area contributed by atoms with Gasteiger partial charge >= 0.3 is 0 Å². The Labute approximate surface area is 125 Å². The predicted molar refractivity (Wildman–Crippen MR) is 79.8 cm³/mol. The minimum atomic E-state index is -0.321. The molecule has 1 aromatic rings. The van der Waals surface area contributed by atoms with E-state index in [0.29, 0.717) is 24.8 Å². The van der Waals surface area contributed by atoms with Gasteiger partial charge in [-0.3, -0.25) is 4.79 Å². The van der Waals surface area contributed by atoms with Crippen molar-refractivity contribution in [1.29, 1.82) is 0 Å². The molecule has 0 bridgehead atoms. The standard InChI is InChI=1S/C16H23FN2O2/c1-2-14(21-15-7-3-5-12(17)9-15)11-19-16(20)10-13-6-4-8-18-13/h3,5,7,9,13-14,18H,2,4,6,8,10-11H2,1H3,(H,19,20). The van der Waals surface area contributed by atoms with E-state index in [2.05, 4.69) is 10.6 Å². The Kier molecular flexibility index (Phi) is 5.99. The van der Waals surface area contributed by atoms with Gasteiger partial charge in [0.2, 0.25) is 5.91 Å². The van der Waals surface area contributed by atoms with E-state index in [-0.39, 0.29) is 17.8 Å². The summed E-state index contributed by atoms with van der Waals surface area (Å²) in [5.74, 6) is 0.211. The number of benzene rings is 1. The van der Waals surface area contributed by atoms with Crippen molar-refractivity contribution >= 4 is 5.91 Å². The van der Waals surface area contributed by atoms with Gasteiger partial charge < -0.3 is 15.4 Å². The van der Waals surface area contributed by atoms with Crippen LogP contribution >= 0.6 is 0 Å². The minimum Gasteiger partial charge on any atom is -0.489 e. The van der Waals surface area contributed by atoms with Crippen molar-refractivity contribution < 1.29 is 13.9 Å². The summed E-state index contributed by atoms with van der Waals surface area (Å²) in [6.07, 6.45) is 3.31. The lowest BCUT2D eigenvalue weighted by Gasteiger charge is -2.19. The second kappa shape index (κ2) is 7.98. The lowest BCUT2D eigenvalue weighted by molar-refractivity contribution is -0.121. The Balaban J connectivity index is 1.75. The van der Waals surface area contributed by atoms with Crippen LogP contribution in [0.15, 0.2) is 24.3 Å². The molecule has 2 atom stereocenters. The van der Waals surface area contributed by atoms with E-state index >= 15 is 0 Å². The molecule has 2 unspecified atom stereocenters. The van der Waals surface area contributed by atoms with Gasteiger partial charge in [-0.15, -0.1) is 0 Å². The SMILES string of the molecule is CCC(CNC(=O)CC1CCCN1)Oc1cccc(F)c1. The van der Waals surface area contributed by atoms with Crippen LogP contribution in [0.5, 0.6) is 5.75 Å². The van der Waals surface area contributed by atoms with Crippen LogP contribution in [0.2, 0.25) is 0 Å². The molecule has 0 spiro atoms. The number of nitrogens with one attached hydrogen (secondary N) is 2. The molecule has 1 heterocycles. The molecule has 116 valence electrons. The molecule has 21 heavy (non-hydrogen) atoms. The van der Waals surface area contributed by atoms with E-state index in [1.165, 1.54) is 12.1 Å². The Morgan fingerprint density at radius 3 is 3.10 bits per heavy atom. The topological polar surface area (TPSA) is 50.4 Å². The molecule has 1 aromatic carbocycles. The number of carbonyl (C=O) groups is 1. The van der Waals surface area contributed by atoms with Crippen molar-refractivity contribution in [2.75, 3.05) is 13.1 Å². The average Bonchev–Trinajstić information content (AvgIpc) is 2.96. The molecule has 1 saturated heterocycles. The highest BCUT2D eigenvalue weighted by Gasteiger charge is 2.18. The quantitative estimate of drug-likeness (QED) is 0.811. The number of amides is 1. The van der Waals surface area contributed by atoms with Gasteiger partial charge in [0.1, 0.15) is 17.7 Å². The third kappa shape index (κ3) is 5.34. The fourth-order valence-corrected chi connectivity index (χ4v) is 2.46. The first kappa shape index (κ1) is 15.8. The third-order valence-electron chi connectivity index (χ3n) is 3.68. The third-order valence-corrected chi connectivity index (χ3v) is 3.68. The highest BCUT2D eigenvalue weighted by molar-refractivity contribution is 5.76. The van der Waals surface area contributed by atoms with Gasteiger partial charge in [0.05, 0.1) is 6.54 Å². The molecule has 0 radical (unpaired) electrons. The molecule has 0 aliphatic carbocycles. The van der Waals surface area contributed by atoms with E-state index < -0.39 is 0 Å². The fourth-order valence-electron chi connectivity index (χ4n) is 2.46. The van der Waals surface area contributed by atoms with Crippen molar-refractivity contribution in [3.63, 3.8) is 0 Å². The van der Waals surface area contributed by atoms with Crippen LogP contribution in [0.25, 0.3) is 0 Å². The number of halogens is 1. The van der Waals surface area contributed by atoms with Crippen molar-refractivity contribution in [2.24, 2.45) is 0 Å². The summed E-state index contributed by atoms with van der Waals surface area (Å²) in [6.45, 7) is 3.42. The zero-order chi connectivity index (χ0) is 15.1. The molecular weight excluding hydrogens is 271 g/mol. The summed E-state index contributed by atoms with van der Waals surface area (Å²) in [7, 11) is 0. The zero-order valence-electron chi connectivity index (χ0n) is 12.4. The van der Waals surface area contributed by atoms with Crippen LogP contribution in [-0.2, 0) is 4.79 Å². The van der Waals surface area contributed by atoms with Gasteiger partial charge in [-0.1, -0.05) is 13.0 Å². The summed E-state index contributed by atoms with van der Waals surface area (Å²) in [5.41, 5.74) is 0. The highest BCUT2D eigenvalue weighted by Crippen LogP contribution is 2.15. The predicted octanol–water partition coefficient (Wildman–Crippen LogP) is 2.24. The second-order valence-electron chi connectivity index (χ2n) is 5.41. The van der Waals surface area contributed by atoms with Crippen molar-refractivity contribution in [3.05, 3.63) is 30.1 Å². The zero-order valence-corrected chi connectivity index (χ0v) is 12.4. The number of ether oxygens (including phenoxy) is 1. The van der Waals surface area contributed by atoms with Gasteiger partial charge in [-0.2, -0.15) is 0 Å². The van der Waals surface area contributed by atoms with E-state index in [1.54, 1.807) is 12.1 Å². The van der Waals surface area contributed by atoms with E-state index in [9.17, 15) is 9.18 Å². The van der Waals surface area contributed by atoms with Gasteiger partial charge in [-0.25, -0.2) is 4.39 Å². The van der Waals surface area contributed by atoms with Gasteiger partial charge in [-0.05, 0) is 37.9 Å². The number of hydrogen-bond donors (Lipinski definition) is 2.